The van der Waals surface area contributed by atoms with Crippen molar-refractivity contribution in [1.82, 2.24) is 10.2 Å². The summed E-state index contributed by atoms with van der Waals surface area (Å²) in [6, 6.07) is 4.24. The number of Topliss-reactive ketones (excluding diaryl/α,β-unsaturated/α-hetero) is 1. The summed E-state index contributed by atoms with van der Waals surface area (Å²) in [7, 11) is 0. The number of carbonyl (C=O) groups excluding carboxylic acids is 1. The molecule has 0 aliphatic rings. The molecule has 0 bridgehead atoms. The Kier molecular flexibility index (Phi) is 1.96. The normalized spacial score (nSPS) is 10.5. The lowest BCUT2D eigenvalue weighted by Crippen LogP contribution is -1.93. The summed E-state index contributed by atoms with van der Waals surface area (Å²) < 4.78 is 0. The average molecular weight is 205 g/mol. The van der Waals surface area contributed by atoms with Crippen LogP contribution in [0.3, 0.4) is 0 Å². The average Bonchev–Trinajstić information content (AvgIpc) is 2.59. The Morgan fingerprint density at radius 2 is 2.27 bits per heavy atom. The number of hydrogen-bond acceptors (Lipinski definition) is 4. The molecular formula is C9H7N3O3. The van der Waals surface area contributed by atoms with E-state index >= 15 is 0 Å². The lowest BCUT2D eigenvalue weighted by atomic mass is 10.1. The summed E-state index contributed by atoms with van der Waals surface area (Å²) in [5.74, 6) is -0.221. The van der Waals surface area contributed by atoms with Gasteiger partial charge in [0.15, 0.2) is 5.78 Å². The zero-order chi connectivity index (χ0) is 11.0. The van der Waals surface area contributed by atoms with Crippen LogP contribution in [0, 0.1) is 10.1 Å². The van der Waals surface area contributed by atoms with Crippen LogP contribution in [0.15, 0.2) is 18.2 Å². The summed E-state index contributed by atoms with van der Waals surface area (Å²) in [4.78, 5) is 21.2. The number of benzene rings is 1. The van der Waals surface area contributed by atoms with Crippen molar-refractivity contribution in [1.29, 1.82) is 0 Å². The van der Waals surface area contributed by atoms with Crippen LogP contribution in [0.1, 0.15) is 17.4 Å². The molecule has 0 aliphatic heterocycles. The lowest BCUT2D eigenvalue weighted by Gasteiger charge is -1.92. The molecule has 6 nitrogen and oxygen atoms in total. The van der Waals surface area contributed by atoms with Gasteiger partial charge in [-0.1, -0.05) is 0 Å². The van der Waals surface area contributed by atoms with Crippen molar-refractivity contribution >= 4 is 22.4 Å². The van der Waals surface area contributed by atoms with Gasteiger partial charge in [0.2, 0.25) is 0 Å². The van der Waals surface area contributed by atoms with E-state index in [9.17, 15) is 14.9 Å². The van der Waals surface area contributed by atoms with E-state index in [0.717, 1.165) is 0 Å². The zero-order valence-electron chi connectivity index (χ0n) is 7.85. The number of nitro groups is 1. The topological polar surface area (TPSA) is 88.9 Å². The monoisotopic (exact) mass is 205 g/mol. The molecule has 0 spiro atoms. The molecule has 0 amide bonds. The number of non-ortho nitro benzene ring substituents is 1. The number of H-pyrrole nitrogens is 1. The highest BCUT2D eigenvalue weighted by molar-refractivity contribution is 6.05. The SMILES string of the molecule is CC(=O)c1n[nH]c2ccc([N+](=O)[O-])cc12. The molecule has 0 saturated heterocycles. The summed E-state index contributed by atoms with van der Waals surface area (Å²) in [5, 5.41) is 17.5. The molecule has 1 N–H and O–H groups in total. The minimum atomic E-state index is -0.504. The fraction of sp³-hybridized carbons (Fsp3) is 0.111. The fourth-order valence-corrected chi connectivity index (χ4v) is 1.38. The van der Waals surface area contributed by atoms with Crippen LogP contribution in [0.4, 0.5) is 5.69 Å². The summed E-state index contributed by atoms with van der Waals surface area (Å²) in [6.45, 7) is 1.37. The van der Waals surface area contributed by atoms with E-state index in [4.69, 9.17) is 0 Å². The Morgan fingerprint density at radius 3 is 2.87 bits per heavy atom. The Balaban J connectivity index is 2.72. The van der Waals surface area contributed by atoms with Gasteiger partial charge < -0.3 is 0 Å². The molecule has 1 aromatic carbocycles. The Bertz CT molecular complexity index is 559. The third kappa shape index (κ3) is 1.45. The van der Waals surface area contributed by atoms with E-state index in [-0.39, 0.29) is 17.2 Å². The van der Waals surface area contributed by atoms with E-state index in [1.807, 2.05) is 0 Å². The predicted octanol–water partition coefficient (Wildman–Crippen LogP) is 1.67. The molecule has 0 atom stereocenters. The second kappa shape index (κ2) is 3.16. The zero-order valence-corrected chi connectivity index (χ0v) is 7.85. The van der Waals surface area contributed by atoms with Gasteiger partial charge in [-0.25, -0.2) is 0 Å². The van der Waals surface area contributed by atoms with Gasteiger partial charge in [0.05, 0.1) is 10.4 Å². The molecule has 0 radical (unpaired) electrons. The first-order valence-corrected chi connectivity index (χ1v) is 4.23. The minimum Gasteiger partial charge on any atom is -0.293 e. The van der Waals surface area contributed by atoms with E-state index in [1.165, 1.54) is 25.1 Å². The van der Waals surface area contributed by atoms with Crippen molar-refractivity contribution in [3.63, 3.8) is 0 Å². The van der Waals surface area contributed by atoms with Crippen LogP contribution in [0.5, 0.6) is 0 Å². The van der Waals surface area contributed by atoms with Crippen molar-refractivity contribution in [3.8, 4) is 0 Å². The van der Waals surface area contributed by atoms with Gasteiger partial charge in [0, 0.05) is 24.4 Å². The number of nitro benzene ring substituents is 1. The van der Waals surface area contributed by atoms with Crippen LogP contribution in [-0.2, 0) is 0 Å². The van der Waals surface area contributed by atoms with E-state index in [0.29, 0.717) is 10.9 Å². The van der Waals surface area contributed by atoms with Crippen molar-refractivity contribution in [2.75, 3.05) is 0 Å². The molecule has 6 heteroatoms. The van der Waals surface area contributed by atoms with Gasteiger partial charge in [0.1, 0.15) is 5.69 Å². The van der Waals surface area contributed by atoms with Crippen LogP contribution < -0.4 is 0 Å². The Hall–Kier alpha value is -2.24. The van der Waals surface area contributed by atoms with Crippen LogP contribution in [0.25, 0.3) is 10.9 Å². The van der Waals surface area contributed by atoms with Gasteiger partial charge in [0.25, 0.3) is 5.69 Å². The molecule has 1 aromatic heterocycles. The van der Waals surface area contributed by atoms with E-state index in [1.54, 1.807) is 0 Å². The number of rotatable bonds is 2. The van der Waals surface area contributed by atoms with Crippen molar-refractivity contribution in [2.24, 2.45) is 0 Å². The van der Waals surface area contributed by atoms with Crippen molar-refractivity contribution in [2.45, 2.75) is 6.92 Å². The molecule has 76 valence electrons. The van der Waals surface area contributed by atoms with E-state index < -0.39 is 4.92 Å². The summed E-state index contributed by atoms with van der Waals surface area (Å²) >= 11 is 0. The summed E-state index contributed by atoms with van der Waals surface area (Å²) in [6.07, 6.45) is 0. The minimum absolute atomic E-state index is 0.0496. The number of carbonyl (C=O) groups is 1. The molecule has 2 aromatic rings. The van der Waals surface area contributed by atoms with E-state index in [2.05, 4.69) is 10.2 Å². The number of hydrogen-bond donors (Lipinski definition) is 1. The highest BCUT2D eigenvalue weighted by Gasteiger charge is 2.13. The number of aromatic amines is 1. The first-order valence-electron chi connectivity index (χ1n) is 4.23. The second-order valence-corrected chi connectivity index (χ2v) is 3.12. The number of nitrogens with zero attached hydrogens (tertiary/aromatic N) is 2. The van der Waals surface area contributed by atoms with Crippen LogP contribution in [-0.4, -0.2) is 20.9 Å². The first kappa shape index (κ1) is 9.32. The van der Waals surface area contributed by atoms with Gasteiger partial charge in [-0.15, -0.1) is 0 Å². The third-order valence-corrected chi connectivity index (χ3v) is 2.09. The smallest absolute Gasteiger partial charge is 0.270 e. The number of aromatic nitrogens is 2. The summed E-state index contributed by atoms with van der Waals surface area (Å²) in [5.41, 5.74) is 0.797. The van der Waals surface area contributed by atoms with Crippen LogP contribution in [0.2, 0.25) is 0 Å². The maximum Gasteiger partial charge on any atom is 0.270 e. The molecule has 2 rings (SSSR count). The fourth-order valence-electron chi connectivity index (χ4n) is 1.38. The quantitative estimate of drug-likeness (QED) is 0.458. The largest absolute Gasteiger partial charge is 0.293 e. The maximum atomic E-state index is 11.1. The van der Waals surface area contributed by atoms with Gasteiger partial charge in [-0.2, -0.15) is 5.10 Å². The third-order valence-electron chi connectivity index (χ3n) is 2.09. The molecule has 0 fully saturated rings. The molecular weight excluding hydrogens is 198 g/mol. The Labute approximate surface area is 84.1 Å². The molecule has 0 saturated carbocycles. The number of fused-ring (bicyclic) bond motifs is 1. The van der Waals surface area contributed by atoms with Gasteiger partial charge >= 0.3 is 0 Å². The molecule has 1 heterocycles. The Morgan fingerprint density at radius 1 is 1.53 bits per heavy atom. The molecule has 0 unspecified atom stereocenters. The van der Waals surface area contributed by atoms with Crippen molar-refractivity contribution in [3.05, 3.63) is 34.0 Å². The van der Waals surface area contributed by atoms with Crippen molar-refractivity contribution < 1.29 is 9.72 Å². The predicted molar refractivity (Wildman–Crippen MR) is 52.8 cm³/mol. The van der Waals surface area contributed by atoms with Gasteiger partial charge in [-0.05, 0) is 6.07 Å². The highest BCUT2D eigenvalue weighted by Crippen LogP contribution is 2.22. The molecule has 0 aliphatic carbocycles. The number of ketones is 1. The lowest BCUT2D eigenvalue weighted by molar-refractivity contribution is -0.384. The van der Waals surface area contributed by atoms with Crippen LogP contribution >= 0.6 is 0 Å². The van der Waals surface area contributed by atoms with Gasteiger partial charge in [-0.3, -0.25) is 20.0 Å². The second-order valence-electron chi connectivity index (χ2n) is 3.12. The standard InChI is InChI=1S/C9H7N3O3/c1-5(13)9-7-4-6(12(14)15)2-3-8(7)10-11-9/h2-4H,1H3,(H,10,11). The first-order chi connectivity index (χ1) is 7.09. The number of nitrogens with one attached hydrogen (secondary N) is 1. The highest BCUT2D eigenvalue weighted by atomic mass is 16.6. The molecule has 15 heavy (non-hydrogen) atoms. The maximum absolute atomic E-state index is 11.1.